The number of ether oxygens (including phenoxy) is 1. The van der Waals surface area contributed by atoms with Crippen molar-refractivity contribution >= 4 is 28.9 Å². The number of nitrogens with one attached hydrogen (secondary N) is 1. The number of amides is 2. The molecule has 3 heterocycles. The summed E-state index contributed by atoms with van der Waals surface area (Å²) in [5.41, 5.74) is 2.46. The summed E-state index contributed by atoms with van der Waals surface area (Å²) in [6.45, 7) is 3.23. The number of aromatic nitrogens is 1. The van der Waals surface area contributed by atoms with Gasteiger partial charge < -0.3 is 15.0 Å². The molecule has 1 unspecified atom stereocenters. The summed E-state index contributed by atoms with van der Waals surface area (Å²) in [4.78, 5) is 32.3. The van der Waals surface area contributed by atoms with E-state index in [0.717, 1.165) is 37.7 Å². The number of hydrogen-bond acceptors (Lipinski definition) is 6. The Balaban J connectivity index is 1.44. The van der Waals surface area contributed by atoms with Gasteiger partial charge >= 0.3 is 0 Å². The van der Waals surface area contributed by atoms with Crippen molar-refractivity contribution < 1.29 is 14.3 Å². The van der Waals surface area contributed by atoms with Crippen molar-refractivity contribution in [1.29, 1.82) is 0 Å². The first kappa shape index (κ1) is 16.5. The van der Waals surface area contributed by atoms with E-state index in [9.17, 15) is 9.59 Å². The maximum atomic E-state index is 12.6. The van der Waals surface area contributed by atoms with E-state index in [1.807, 2.05) is 24.3 Å². The molecule has 26 heavy (non-hydrogen) atoms. The lowest BCUT2D eigenvalue weighted by Gasteiger charge is -2.29. The standard InChI is InChI=1S/C19H20N4O3/c24-18-12-17(19(25)23(18)16-2-1-7-20-13-16)21-14-3-5-15(6-4-14)22-8-10-26-11-9-22/h1-7,13,17,21H,8-12H2. The number of nitrogens with zero attached hydrogens (tertiary/aromatic N) is 3. The fourth-order valence-corrected chi connectivity index (χ4v) is 3.29. The summed E-state index contributed by atoms with van der Waals surface area (Å²) in [7, 11) is 0. The Morgan fingerprint density at radius 1 is 1.04 bits per heavy atom. The molecule has 2 aliphatic rings. The Hall–Kier alpha value is -2.93. The van der Waals surface area contributed by atoms with Gasteiger partial charge in [-0.25, -0.2) is 4.90 Å². The summed E-state index contributed by atoms with van der Waals surface area (Å²) < 4.78 is 5.37. The minimum absolute atomic E-state index is 0.138. The second-order valence-electron chi connectivity index (χ2n) is 6.33. The Labute approximate surface area is 151 Å². The van der Waals surface area contributed by atoms with Crippen molar-refractivity contribution in [2.75, 3.05) is 41.4 Å². The van der Waals surface area contributed by atoms with E-state index in [1.54, 1.807) is 18.3 Å². The zero-order valence-corrected chi connectivity index (χ0v) is 14.3. The van der Waals surface area contributed by atoms with Gasteiger partial charge in [-0.1, -0.05) is 0 Å². The predicted octanol–water partition coefficient (Wildman–Crippen LogP) is 1.66. The fourth-order valence-electron chi connectivity index (χ4n) is 3.29. The zero-order chi connectivity index (χ0) is 17.9. The lowest BCUT2D eigenvalue weighted by molar-refractivity contribution is -0.121. The molecule has 7 heteroatoms. The van der Waals surface area contributed by atoms with Crippen molar-refractivity contribution in [3.8, 4) is 0 Å². The lowest BCUT2D eigenvalue weighted by atomic mass is 10.2. The quantitative estimate of drug-likeness (QED) is 0.844. The highest BCUT2D eigenvalue weighted by Crippen LogP contribution is 2.25. The Morgan fingerprint density at radius 3 is 2.50 bits per heavy atom. The first-order chi connectivity index (χ1) is 12.7. The smallest absolute Gasteiger partial charge is 0.256 e. The SMILES string of the molecule is O=C1CC(Nc2ccc(N3CCOCC3)cc2)C(=O)N1c1cccnc1. The summed E-state index contributed by atoms with van der Waals surface area (Å²) in [5.74, 6) is -0.467. The molecule has 1 aromatic carbocycles. The van der Waals surface area contributed by atoms with E-state index in [4.69, 9.17) is 4.74 Å². The van der Waals surface area contributed by atoms with Crippen LogP contribution in [0.15, 0.2) is 48.8 Å². The highest BCUT2D eigenvalue weighted by atomic mass is 16.5. The normalized spacial score (nSPS) is 20.5. The van der Waals surface area contributed by atoms with Gasteiger partial charge in [0.05, 0.1) is 31.5 Å². The van der Waals surface area contributed by atoms with Crippen molar-refractivity contribution in [3.05, 3.63) is 48.8 Å². The van der Waals surface area contributed by atoms with Crippen LogP contribution in [0, 0.1) is 0 Å². The van der Waals surface area contributed by atoms with Gasteiger partial charge in [0.2, 0.25) is 5.91 Å². The van der Waals surface area contributed by atoms with Crippen LogP contribution in [0.25, 0.3) is 0 Å². The van der Waals surface area contributed by atoms with Crippen molar-refractivity contribution in [3.63, 3.8) is 0 Å². The van der Waals surface area contributed by atoms with Crippen LogP contribution in [-0.2, 0) is 14.3 Å². The molecule has 2 amide bonds. The van der Waals surface area contributed by atoms with Crippen LogP contribution in [-0.4, -0.2) is 49.1 Å². The molecule has 1 N–H and O–H groups in total. The molecule has 1 aromatic heterocycles. The largest absolute Gasteiger partial charge is 0.378 e. The maximum Gasteiger partial charge on any atom is 0.256 e. The predicted molar refractivity (Wildman–Crippen MR) is 98.2 cm³/mol. The van der Waals surface area contributed by atoms with Crippen LogP contribution in [0.4, 0.5) is 17.1 Å². The average Bonchev–Trinajstić information content (AvgIpc) is 2.97. The Morgan fingerprint density at radius 2 is 1.81 bits per heavy atom. The molecule has 0 aliphatic carbocycles. The van der Waals surface area contributed by atoms with Crippen LogP contribution >= 0.6 is 0 Å². The summed E-state index contributed by atoms with van der Waals surface area (Å²) in [6.07, 6.45) is 3.27. The monoisotopic (exact) mass is 352 g/mol. The number of hydrogen-bond donors (Lipinski definition) is 1. The molecule has 7 nitrogen and oxygen atoms in total. The molecule has 2 aliphatic heterocycles. The van der Waals surface area contributed by atoms with E-state index in [1.165, 1.54) is 11.1 Å². The molecule has 2 fully saturated rings. The van der Waals surface area contributed by atoms with Gasteiger partial charge in [0.15, 0.2) is 0 Å². The highest BCUT2D eigenvalue weighted by molar-refractivity contribution is 6.23. The van der Waals surface area contributed by atoms with E-state index in [0.29, 0.717) is 5.69 Å². The van der Waals surface area contributed by atoms with Crippen LogP contribution in [0.1, 0.15) is 6.42 Å². The van der Waals surface area contributed by atoms with E-state index in [-0.39, 0.29) is 18.2 Å². The lowest BCUT2D eigenvalue weighted by Crippen LogP contribution is -2.36. The second-order valence-corrected chi connectivity index (χ2v) is 6.33. The fraction of sp³-hybridized carbons (Fsp3) is 0.316. The van der Waals surface area contributed by atoms with Gasteiger partial charge in [0.25, 0.3) is 5.91 Å². The van der Waals surface area contributed by atoms with Crippen molar-refractivity contribution in [2.45, 2.75) is 12.5 Å². The summed E-state index contributed by atoms with van der Waals surface area (Å²) >= 11 is 0. The molecule has 0 saturated carbocycles. The molecule has 1 atom stereocenters. The first-order valence-corrected chi connectivity index (χ1v) is 8.68. The molecule has 2 aromatic rings. The van der Waals surface area contributed by atoms with Gasteiger partial charge in [-0.15, -0.1) is 0 Å². The number of benzene rings is 1. The van der Waals surface area contributed by atoms with Gasteiger partial charge in [-0.3, -0.25) is 14.6 Å². The topological polar surface area (TPSA) is 74.8 Å². The zero-order valence-electron chi connectivity index (χ0n) is 14.3. The van der Waals surface area contributed by atoms with Crippen LogP contribution in [0.2, 0.25) is 0 Å². The van der Waals surface area contributed by atoms with Gasteiger partial charge in [-0.05, 0) is 36.4 Å². The summed E-state index contributed by atoms with van der Waals surface area (Å²) in [6, 6.07) is 10.8. The number of carbonyl (C=O) groups is 2. The second kappa shape index (κ2) is 7.13. The van der Waals surface area contributed by atoms with E-state index >= 15 is 0 Å². The molecule has 134 valence electrons. The molecule has 4 rings (SSSR count). The number of pyridine rings is 1. The van der Waals surface area contributed by atoms with Crippen molar-refractivity contribution in [1.82, 2.24) is 4.98 Å². The first-order valence-electron chi connectivity index (χ1n) is 8.68. The highest BCUT2D eigenvalue weighted by Gasteiger charge is 2.39. The summed E-state index contributed by atoms with van der Waals surface area (Å²) in [5, 5.41) is 3.18. The number of rotatable bonds is 4. The van der Waals surface area contributed by atoms with Crippen LogP contribution in [0.3, 0.4) is 0 Å². The van der Waals surface area contributed by atoms with E-state index < -0.39 is 6.04 Å². The maximum absolute atomic E-state index is 12.6. The van der Waals surface area contributed by atoms with E-state index in [2.05, 4.69) is 15.2 Å². The van der Waals surface area contributed by atoms with Gasteiger partial charge in [0.1, 0.15) is 6.04 Å². The number of morpholine rings is 1. The number of anilines is 3. The Kier molecular flexibility index (Phi) is 4.53. The van der Waals surface area contributed by atoms with Gasteiger partial charge in [0, 0.05) is 30.7 Å². The van der Waals surface area contributed by atoms with Crippen LogP contribution < -0.4 is 15.1 Å². The van der Waals surface area contributed by atoms with Gasteiger partial charge in [-0.2, -0.15) is 0 Å². The minimum atomic E-state index is -0.558. The number of imide groups is 1. The number of carbonyl (C=O) groups excluding carboxylic acids is 2. The minimum Gasteiger partial charge on any atom is -0.378 e. The third-order valence-corrected chi connectivity index (χ3v) is 4.64. The third-order valence-electron chi connectivity index (χ3n) is 4.64. The molecule has 0 radical (unpaired) electrons. The Bertz CT molecular complexity index is 788. The molecule has 0 spiro atoms. The molecular formula is C19H20N4O3. The van der Waals surface area contributed by atoms with Crippen LogP contribution in [0.5, 0.6) is 0 Å². The third kappa shape index (κ3) is 3.25. The molecule has 0 bridgehead atoms. The molecule has 2 saturated heterocycles. The van der Waals surface area contributed by atoms with Crippen molar-refractivity contribution in [2.24, 2.45) is 0 Å². The average molecular weight is 352 g/mol. The molecular weight excluding hydrogens is 332 g/mol.